The van der Waals surface area contributed by atoms with Crippen molar-refractivity contribution >= 4 is 35.1 Å². The van der Waals surface area contributed by atoms with Gasteiger partial charge in [0, 0.05) is 23.4 Å². The van der Waals surface area contributed by atoms with Crippen LogP contribution in [0.4, 0.5) is 0 Å². The average molecular weight is 358 g/mol. The Hall–Kier alpha value is -1.99. The van der Waals surface area contributed by atoms with Gasteiger partial charge in [-0.3, -0.25) is 9.20 Å². The molecule has 0 saturated heterocycles. The number of nitrogens with one attached hydrogen (secondary N) is 1. The lowest BCUT2D eigenvalue weighted by Crippen LogP contribution is -2.27. The number of rotatable bonds is 7. The second kappa shape index (κ2) is 8.21. The van der Waals surface area contributed by atoms with Gasteiger partial charge in [0.2, 0.25) is 5.91 Å². The number of benzene rings is 1. The molecule has 0 unspecified atom stereocenters. The monoisotopic (exact) mass is 358 g/mol. The van der Waals surface area contributed by atoms with Crippen molar-refractivity contribution in [2.45, 2.75) is 17.0 Å². The summed E-state index contributed by atoms with van der Waals surface area (Å²) in [5.74, 6) is 1.20. The molecule has 0 atom stereocenters. The maximum Gasteiger partial charge on any atom is 0.230 e. The van der Waals surface area contributed by atoms with Gasteiger partial charge in [-0.1, -0.05) is 35.5 Å². The van der Waals surface area contributed by atoms with Crippen LogP contribution >= 0.6 is 23.5 Å². The minimum absolute atomic E-state index is 0.0113. The maximum atomic E-state index is 11.9. The molecule has 0 fully saturated rings. The molecule has 1 N–H and O–H groups in total. The van der Waals surface area contributed by atoms with Gasteiger partial charge in [0.05, 0.1) is 5.75 Å². The predicted octanol–water partition coefficient (Wildman–Crippen LogP) is 3.04. The van der Waals surface area contributed by atoms with Gasteiger partial charge >= 0.3 is 0 Å². The molecule has 124 valence electrons. The highest BCUT2D eigenvalue weighted by atomic mass is 32.2. The van der Waals surface area contributed by atoms with Crippen LogP contribution in [0.1, 0.15) is 5.56 Å². The third-order valence-electron chi connectivity index (χ3n) is 3.33. The second-order valence-electron chi connectivity index (χ2n) is 5.21. The van der Waals surface area contributed by atoms with E-state index < -0.39 is 0 Å². The molecule has 24 heavy (non-hydrogen) atoms. The van der Waals surface area contributed by atoms with Crippen LogP contribution in [0.5, 0.6) is 0 Å². The summed E-state index contributed by atoms with van der Waals surface area (Å²) < 4.78 is 1.88. The molecule has 0 bridgehead atoms. The lowest BCUT2D eigenvalue weighted by atomic mass is 10.2. The fourth-order valence-corrected chi connectivity index (χ4v) is 3.62. The van der Waals surface area contributed by atoms with Crippen molar-refractivity contribution in [3.63, 3.8) is 0 Å². The molecule has 0 aliphatic rings. The molecular formula is C17H18N4OS2. The summed E-state index contributed by atoms with van der Waals surface area (Å²) in [6, 6.07) is 14.1. The summed E-state index contributed by atoms with van der Waals surface area (Å²) in [6.45, 7) is 2.73. The summed E-state index contributed by atoms with van der Waals surface area (Å²) in [4.78, 5) is 13.2. The molecule has 2 aromatic heterocycles. The first-order valence-corrected chi connectivity index (χ1v) is 9.58. The Balaban J connectivity index is 1.39. The Bertz CT molecular complexity index is 817. The lowest BCUT2D eigenvalue weighted by molar-refractivity contribution is -0.118. The summed E-state index contributed by atoms with van der Waals surface area (Å²) in [7, 11) is 0. The molecule has 5 nitrogen and oxygen atoms in total. The van der Waals surface area contributed by atoms with Crippen molar-refractivity contribution < 1.29 is 4.79 Å². The largest absolute Gasteiger partial charge is 0.355 e. The second-order valence-corrected chi connectivity index (χ2v) is 7.32. The first kappa shape index (κ1) is 16.9. The lowest BCUT2D eigenvalue weighted by Gasteiger charge is -2.05. The number of hydrogen-bond donors (Lipinski definition) is 1. The number of carbonyl (C=O) groups is 1. The van der Waals surface area contributed by atoms with E-state index >= 15 is 0 Å². The molecule has 0 radical (unpaired) electrons. The van der Waals surface area contributed by atoms with Gasteiger partial charge in [0.15, 0.2) is 10.8 Å². The van der Waals surface area contributed by atoms with Crippen LogP contribution in [0.3, 0.4) is 0 Å². The number of nitrogens with zero attached hydrogens (tertiary/aromatic N) is 3. The van der Waals surface area contributed by atoms with Crippen molar-refractivity contribution in [2.75, 3.05) is 18.1 Å². The van der Waals surface area contributed by atoms with Crippen molar-refractivity contribution in [3.8, 4) is 0 Å². The van der Waals surface area contributed by atoms with E-state index in [0.29, 0.717) is 12.3 Å². The number of aromatic nitrogens is 3. The molecule has 0 spiro atoms. The number of fused-ring (bicyclic) bond motifs is 1. The normalized spacial score (nSPS) is 10.9. The number of pyridine rings is 1. The standard InChI is InChI=1S/C17H18N4OS2/c1-13-5-7-14(8-6-13)23-11-9-18-16(22)12-24-17-20-19-15-4-2-3-10-21(15)17/h2-8,10H,9,11-12H2,1H3,(H,18,22). The molecule has 0 aliphatic heterocycles. The SMILES string of the molecule is Cc1ccc(SCCNC(=O)CSc2nnc3ccccn23)cc1. The predicted molar refractivity (Wildman–Crippen MR) is 98.6 cm³/mol. The maximum absolute atomic E-state index is 11.9. The van der Waals surface area contributed by atoms with Crippen molar-refractivity contribution in [1.82, 2.24) is 19.9 Å². The molecule has 7 heteroatoms. The third-order valence-corrected chi connectivity index (χ3v) is 5.29. The molecule has 2 heterocycles. The highest BCUT2D eigenvalue weighted by Crippen LogP contribution is 2.18. The van der Waals surface area contributed by atoms with E-state index in [2.05, 4.69) is 46.7 Å². The fourth-order valence-electron chi connectivity index (χ4n) is 2.09. The molecule has 1 amide bonds. The first-order chi connectivity index (χ1) is 11.7. The zero-order chi connectivity index (χ0) is 16.8. The number of carbonyl (C=O) groups excluding carboxylic acids is 1. The summed E-state index contributed by atoms with van der Waals surface area (Å²) >= 11 is 3.13. The van der Waals surface area contributed by atoms with Gasteiger partial charge in [-0.15, -0.1) is 22.0 Å². The van der Waals surface area contributed by atoms with Crippen LogP contribution in [0.2, 0.25) is 0 Å². The zero-order valence-electron chi connectivity index (χ0n) is 13.3. The Morgan fingerprint density at radius 3 is 2.79 bits per heavy atom. The smallest absolute Gasteiger partial charge is 0.230 e. The summed E-state index contributed by atoms with van der Waals surface area (Å²) in [6.07, 6.45) is 1.90. The van der Waals surface area contributed by atoms with E-state index in [1.165, 1.54) is 22.2 Å². The number of hydrogen-bond acceptors (Lipinski definition) is 5. The van der Waals surface area contributed by atoms with Crippen LogP contribution < -0.4 is 5.32 Å². The van der Waals surface area contributed by atoms with Gasteiger partial charge in [0.25, 0.3) is 0 Å². The van der Waals surface area contributed by atoms with Crippen molar-refractivity contribution in [2.24, 2.45) is 0 Å². The Kier molecular flexibility index (Phi) is 5.77. The number of aryl methyl sites for hydroxylation is 1. The first-order valence-electron chi connectivity index (χ1n) is 7.61. The van der Waals surface area contributed by atoms with Crippen LogP contribution in [-0.2, 0) is 4.79 Å². The van der Waals surface area contributed by atoms with E-state index in [1.807, 2.05) is 28.8 Å². The van der Waals surface area contributed by atoms with Gasteiger partial charge in [-0.25, -0.2) is 0 Å². The van der Waals surface area contributed by atoms with E-state index in [0.717, 1.165) is 16.6 Å². The van der Waals surface area contributed by atoms with E-state index in [9.17, 15) is 4.79 Å². The molecule has 1 aromatic carbocycles. The Morgan fingerprint density at radius 2 is 1.96 bits per heavy atom. The zero-order valence-corrected chi connectivity index (χ0v) is 14.9. The van der Waals surface area contributed by atoms with Crippen molar-refractivity contribution in [1.29, 1.82) is 0 Å². The topological polar surface area (TPSA) is 59.3 Å². The fraction of sp³-hybridized carbons (Fsp3) is 0.235. The van der Waals surface area contributed by atoms with Crippen LogP contribution in [0, 0.1) is 6.92 Å². The Labute approximate surface area is 149 Å². The van der Waals surface area contributed by atoms with Crippen molar-refractivity contribution in [3.05, 3.63) is 54.2 Å². The van der Waals surface area contributed by atoms with Crippen LogP contribution in [-0.4, -0.2) is 38.6 Å². The quantitative estimate of drug-likeness (QED) is 0.520. The van der Waals surface area contributed by atoms with Gasteiger partial charge in [-0.2, -0.15) is 0 Å². The van der Waals surface area contributed by atoms with Gasteiger partial charge < -0.3 is 5.32 Å². The molecule has 0 aliphatic carbocycles. The molecule has 3 aromatic rings. The highest BCUT2D eigenvalue weighted by molar-refractivity contribution is 7.99. The highest BCUT2D eigenvalue weighted by Gasteiger charge is 2.08. The van der Waals surface area contributed by atoms with E-state index in [1.54, 1.807) is 11.8 Å². The molecule has 0 saturated carbocycles. The van der Waals surface area contributed by atoms with Gasteiger partial charge in [-0.05, 0) is 31.2 Å². The molecule has 3 rings (SSSR count). The van der Waals surface area contributed by atoms with E-state index in [-0.39, 0.29) is 5.91 Å². The molecular weight excluding hydrogens is 340 g/mol. The summed E-state index contributed by atoms with van der Waals surface area (Å²) in [5.41, 5.74) is 2.04. The minimum Gasteiger partial charge on any atom is -0.355 e. The number of amides is 1. The van der Waals surface area contributed by atoms with Crippen LogP contribution in [0.25, 0.3) is 5.65 Å². The van der Waals surface area contributed by atoms with Crippen LogP contribution in [0.15, 0.2) is 58.7 Å². The van der Waals surface area contributed by atoms with Gasteiger partial charge in [0.1, 0.15) is 0 Å². The summed E-state index contributed by atoms with van der Waals surface area (Å²) in [5, 5.41) is 11.8. The minimum atomic E-state index is 0.0113. The average Bonchev–Trinajstić information content (AvgIpc) is 3.02. The third kappa shape index (κ3) is 4.52. The number of thioether (sulfide) groups is 2. The van der Waals surface area contributed by atoms with E-state index in [4.69, 9.17) is 0 Å². The Morgan fingerprint density at radius 1 is 1.12 bits per heavy atom.